The second-order valence-electron chi connectivity index (χ2n) is 4.67. The maximum atomic E-state index is 5.75. The smallest absolute Gasteiger partial charge is 0.119 e. The van der Waals surface area contributed by atoms with E-state index in [2.05, 4.69) is 44.9 Å². The van der Waals surface area contributed by atoms with Crippen LogP contribution in [0, 0.1) is 0 Å². The van der Waals surface area contributed by atoms with Gasteiger partial charge in [0.05, 0.1) is 15.9 Å². The Kier molecular flexibility index (Phi) is 3.88. The summed E-state index contributed by atoms with van der Waals surface area (Å²) in [6.45, 7) is 0. The summed E-state index contributed by atoms with van der Waals surface area (Å²) >= 11 is 5.14. The predicted octanol–water partition coefficient (Wildman–Crippen LogP) is 3.60. The molecule has 1 unspecified atom stereocenters. The van der Waals surface area contributed by atoms with Crippen LogP contribution in [0.5, 0.6) is 5.75 Å². The SMILES string of the molecule is NNC(c1ccc(OC2CC2)cc1)c1csc(Br)c1. The predicted molar refractivity (Wildman–Crippen MR) is 81.3 cm³/mol. The standard InChI is InChI=1S/C14H15BrN2OS/c15-13-7-10(8-19-13)14(17-16)9-1-3-11(4-2-9)18-12-5-6-12/h1-4,7-8,12,14,17H,5-6,16H2. The Bertz CT molecular complexity index is 551. The molecule has 0 saturated heterocycles. The van der Waals surface area contributed by atoms with Gasteiger partial charge in [0.2, 0.25) is 0 Å². The van der Waals surface area contributed by atoms with Crippen LogP contribution in [-0.2, 0) is 0 Å². The van der Waals surface area contributed by atoms with Gasteiger partial charge in [-0.3, -0.25) is 5.84 Å². The molecule has 3 rings (SSSR count). The third-order valence-corrected chi connectivity index (χ3v) is 4.65. The van der Waals surface area contributed by atoms with Gasteiger partial charge >= 0.3 is 0 Å². The summed E-state index contributed by atoms with van der Waals surface area (Å²) in [6, 6.07) is 10.3. The highest BCUT2D eigenvalue weighted by Gasteiger charge is 2.23. The molecule has 0 aliphatic heterocycles. The molecular formula is C14H15BrN2OS. The van der Waals surface area contributed by atoms with Crippen molar-refractivity contribution in [3.05, 3.63) is 50.6 Å². The molecule has 3 nitrogen and oxygen atoms in total. The minimum atomic E-state index is 0.0116. The lowest BCUT2D eigenvalue weighted by molar-refractivity contribution is 0.303. The number of nitrogens with one attached hydrogen (secondary N) is 1. The summed E-state index contributed by atoms with van der Waals surface area (Å²) in [4.78, 5) is 0. The minimum Gasteiger partial charge on any atom is -0.490 e. The maximum Gasteiger partial charge on any atom is 0.119 e. The van der Waals surface area contributed by atoms with E-state index in [9.17, 15) is 0 Å². The van der Waals surface area contributed by atoms with Gasteiger partial charge in [0.15, 0.2) is 0 Å². The van der Waals surface area contributed by atoms with Gasteiger partial charge in [0, 0.05) is 0 Å². The third-order valence-electron chi connectivity index (χ3n) is 3.13. The summed E-state index contributed by atoms with van der Waals surface area (Å²) < 4.78 is 6.85. The first-order valence-electron chi connectivity index (χ1n) is 6.23. The molecule has 5 heteroatoms. The largest absolute Gasteiger partial charge is 0.490 e. The fraction of sp³-hybridized carbons (Fsp3) is 0.286. The van der Waals surface area contributed by atoms with Crippen LogP contribution < -0.4 is 16.0 Å². The first kappa shape index (κ1) is 13.1. The molecule has 0 amide bonds. The van der Waals surface area contributed by atoms with Crippen LogP contribution in [0.25, 0.3) is 0 Å². The van der Waals surface area contributed by atoms with Gasteiger partial charge in [-0.15, -0.1) is 11.3 Å². The van der Waals surface area contributed by atoms with Crippen molar-refractivity contribution < 1.29 is 4.74 Å². The maximum absolute atomic E-state index is 5.75. The molecule has 1 aromatic carbocycles. The van der Waals surface area contributed by atoms with Crippen molar-refractivity contribution in [3.8, 4) is 5.75 Å². The van der Waals surface area contributed by atoms with E-state index in [1.54, 1.807) is 11.3 Å². The number of rotatable bonds is 5. The second kappa shape index (κ2) is 5.63. The van der Waals surface area contributed by atoms with E-state index < -0.39 is 0 Å². The summed E-state index contributed by atoms with van der Waals surface area (Å²) in [5.41, 5.74) is 5.16. The minimum absolute atomic E-state index is 0.0116. The van der Waals surface area contributed by atoms with Gasteiger partial charge in [-0.1, -0.05) is 12.1 Å². The average Bonchev–Trinajstić information content (AvgIpc) is 3.13. The van der Waals surface area contributed by atoms with E-state index in [4.69, 9.17) is 10.6 Å². The molecule has 2 aromatic rings. The third kappa shape index (κ3) is 3.17. The highest BCUT2D eigenvalue weighted by atomic mass is 79.9. The first-order chi connectivity index (χ1) is 9.26. The van der Waals surface area contributed by atoms with E-state index in [1.807, 2.05) is 12.1 Å². The molecule has 100 valence electrons. The molecule has 1 aliphatic rings. The van der Waals surface area contributed by atoms with E-state index in [1.165, 1.54) is 12.8 Å². The van der Waals surface area contributed by atoms with Gasteiger partial charge in [0.25, 0.3) is 0 Å². The Hall–Kier alpha value is -0.880. The number of ether oxygens (including phenoxy) is 1. The highest BCUT2D eigenvalue weighted by Crippen LogP contribution is 2.31. The number of hydrazine groups is 1. The molecule has 19 heavy (non-hydrogen) atoms. The van der Waals surface area contributed by atoms with Crippen LogP contribution >= 0.6 is 27.3 Å². The molecule has 1 aliphatic carbocycles. The van der Waals surface area contributed by atoms with Crippen LogP contribution in [0.15, 0.2) is 39.5 Å². The number of thiophene rings is 1. The molecule has 0 bridgehead atoms. The molecule has 1 atom stereocenters. The summed E-state index contributed by atoms with van der Waals surface area (Å²) in [7, 11) is 0. The molecule has 1 heterocycles. The van der Waals surface area contributed by atoms with Crippen molar-refractivity contribution in [3.63, 3.8) is 0 Å². The van der Waals surface area contributed by atoms with Crippen molar-refractivity contribution in [1.82, 2.24) is 5.43 Å². The molecule has 0 spiro atoms. The van der Waals surface area contributed by atoms with Crippen LogP contribution in [-0.4, -0.2) is 6.10 Å². The van der Waals surface area contributed by atoms with Crippen LogP contribution in [0.3, 0.4) is 0 Å². The normalized spacial score (nSPS) is 16.3. The summed E-state index contributed by atoms with van der Waals surface area (Å²) in [6.07, 6.45) is 2.79. The van der Waals surface area contributed by atoms with Crippen LogP contribution in [0.1, 0.15) is 30.0 Å². The Morgan fingerprint density at radius 1 is 1.26 bits per heavy atom. The number of hydrogen-bond acceptors (Lipinski definition) is 4. The summed E-state index contributed by atoms with van der Waals surface area (Å²) in [5, 5.41) is 2.10. The van der Waals surface area contributed by atoms with E-state index >= 15 is 0 Å². The molecule has 1 aromatic heterocycles. The van der Waals surface area contributed by atoms with Gasteiger partial charge < -0.3 is 4.74 Å². The Labute approximate surface area is 124 Å². The average molecular weight is 339 g/mol. The molecule has 1 fully saturated rings. The first-order valence-corrected chi connectivity index (χ1v) is 7.90. The topological polar surface area (TPSA) is 47.3 Å². The fourth-order valence-electron chi connectivity index (χ4n) is 1.98. The number of halogens is 1. The van der Waals surface area contributed by atoms with Crippen molar-refractivity contribution in [2.45, 2.75) is 25.0 Å². The monoisotopic (exact) mass is 338 g/mol. The van der Waals surface area contributed by atoms with Crippen molar-refractivity contribution >= 4 is 27.3 Å². The molecule has 3 N–H and O–H groups in total. The van der Waals surface area contributed by atoms with Gasteiger partial charge in [-0.2, -0.15) is 0 Å². The number of benzene rings is 1. The Morgan fingerprint density at radius 2 is 2.00 bits per heavy atom. The zero-order chi connectivity index (χ0) is 13.2. The Morgan fingerprint density at radius 3 is 2.53 bits per heavy atom. The molecule has 0 radical (unpaired) electrons. The molecular weight excluding hydrogens is 324 g/mol. The number of hydrogen-bond donors (Lipinski definition) is 2. The zero-order valence-electron chi connectivity index (χ0n) is 10.3. The lowest BCUT2D eigenvalue weighted by Gasteiger charge is -2.15. The van der Waals surface area contributed by atoms with E-state index in [-0.39, 0.29) is 6.04 Å². The Balaban J connectivity index is 1.78. The van der Waals surface area contributed by atoms with Crippen molar-refractivity contribution in [2.75, 3.05) is 0 Å². The highest BCUT2D eigenvalue weighted by molar-refractivity contribution is 9.11. The van der Waals surface area contributed by atoms with Gasteiger partial charge in [-0.25, -0.2) is 5.43 Å². The van der Waals surface area contributed by atoms with Crippen LogP contribution in [0.2, 0.25) is 0 Å². The lowest BCUT2D eigenvalue weighted by Crippen LogP contribution is -2.28. The van der Waals surface area contributed by atoms with E-state index in [0.717, 1.165) is 20.7 Å². The van der Waals surface area contributed by atoms with Crippen molar-refractivity contribution in [1.29, 1.82) is 0 Å². The molecule has 1 saturated carbocycles. The lowest BCUT2D eigenvalue weighted by atomic mass is 10.0. The number of nitrogens with two attached hydrogens (primary N) is 1. The van der Waals surface area contributed by atoms with Gasteiger partial charge in [0.1, 0.15) is 5.75 Å². The second-order valence-corrected chi connectivity index (χ2v) is 6.96. The van der Waals surface area contributed by atoms with E-state index in [0.29, 0.717) is 6.10 Å². The van der Waals surface area contributed by atoms with Gasteiger partial charge in [-0.05, 0) is 63.5 Å². The quantitative estimate of drug-likeness (QED) is 0.646. The fourth-order valence-corrected chi connectivity index (χ4v) is 3.18. The summed E-state index contributed by atoms with van der Waals surface area (Å²) in [5.74, 6) is 6.62. The van der Waals surface area contributed by atoms with Crippen molar-refractivity contribution in [2.24, 2.45) is 5.84 Å². The zero-order valence-corrected chi connectivity index (χ0v) is 12.7. The van der Waals surface area contributed by atoms with Crippen LogP contribution in [0.4, 0.5) is 0 Å².